The van der Waals surface area contributed by atoms with Gasteiger partial charge in [0.25, 0.3) is 5.91 Å². The van der Waals surface area contributed by atoms with Gasteiger partial charge in [-0.1, -0.05) is 48.7 Å². The second-order valence-electron chi connectivity index (χ2n) is 9.09. The van der Waals surface area contributed by atoms with E-state index in [9.17, 15) is 9.59 Å². The average molecular weight is 435 g/mol. The number of fused-ring (bicyclic) bond motifs is 1. The quantitative estimate of drug-likeness (QED) is 0.725. The smallest absolute Gasteiger partial charge is 0.260 e. The molecule has 2 aromatic carbocycles. The van der Waals surface area contributed by atoms with Crippen molar-refractivity contribution in [3.63, 3.8) is 0 Å². The van der Waals surface area contributed by atoms with Crippen LogP contribution in [0.1, 0.15) is 67.8 Å². The maximum Gasteiger partial charge on any atom is 0.260 e. The Morgan fingerprint density at radius 1 is 1.12 bits per heavy atom. The van der Waals surface area contributed by atoms with Gasteiger partial charge >= 0.3 is 0 Å². The number of aryl methyl sites for hydroxylation is 1. The molecule has 1 saturated carbocycles. The summed E-state index contributed by atoms with van der Waals surface area (Å²) in [4.78, 5) is 27.8. The lowest BCUT2D eigenvalue weighted by molar-refractivity contribution is -0.137. The Labute approximate surface area is 191 Å². The molecule has 2 aliphatic rings. The van der Waals surface area contributed by atoms with Crippen molar-refractivity contribution in [2.45, 2.75) is 65.0 Å². The summed E-state index contributed by atoms with van der Waals surface area (Å²) in [6.45, 7) is 7.04. The van der Waals surface area contributed by atoms with E-state index in [2.05, 4.69) is 47.5 Å². The molecule has 2 amide bonds. The molecule has 0 saturated heterocycles. The molecule has 1 fully saturated rings. The number of carbonyl (C=O) groups excluding carboxylic acids is 2. The SMILES string of the molecule is CCNC(=O)[C@H](C)Oc1ccc2c(c1)[C@H](c1ccc(C)cc1)N(C(=O)C1CCCC1)CC2. The van der Waals surface area contributed by atoms with E-state index in [1.807, 2.05) is 19.1 Å². The molecule has 2 aromatic rings. The Hall–Kier alpha value is -2.82. The zero-order valence-electron chi connectivity index (χ0n) is 19.4. The molecule has 2 atom stereocenters. The topological polar surface area (TPSA) is 58.6 Å². The summed E-state index contributed by atoms with van der Waals surface area (Å²) in [7, 11) is 0. The Balaban J connectivity index is 1.69. The van der Waals surface area contributed by atoms with Crippen molar-refractivity contribution in [1.29, 1.82) is 0 Å². The van der Waals surface area contributed by atoms with Crippen LogP contribution in [0.2, 0.25) is 0 Å². The minimum Gasteiger partial charge on any atom is -0.481 e. The Kier molecular flexibility index (Phi) is 6.83. The highest BCUT2D eigenvalue weighted by Crippen LogP contribution is 2.39. The van der Waals surface area contributed by atoms with Crippen molar-refractivity contribution in [1.82, 2.24) is 10.2 Å². The van der Waals surface area contributed by atoms with Gasteiger partial charge in [0.1, 0.15) is 5.75 Å². The number of likely N-dealkylation sites (N-methyl/N-ethyl adjacent to an activating group) is 1. The van der Waals surface area contributed by atoms with Crippen molar-refractivity contribution in [3.8, 4) is 5.75 Å². The zero-order chi connectivity index (χ0) is 22.7. The molecule has 170 valence electrons. The second kappa shape index (κ2) is 9.76. The number of nitrogens with one attached hydrogen (secondary N) is 1. The van der Waals surface area contributed by atoms with E-state index in [0.29, 0.717) is 12.3 Å². The Morgan fingerprint density at radius 3 is 2.53 bits per heavy atom. The first kappa shape index (κ1) is 22.4. The third kappa shape index (κ3) is 4.67. The van der Waals surface area contributed by atoms with Crippen molar-refractivity contribution in [2.75, 3.05) is 13.1 Å². The van der Waals surface area contributed by atoms with Gasteiger partial charge in [-0.3, -0.25) is 9.59 Å². The van der Waals surface area contributed by atoms with Crippen LogP contribution in [0.15, 0.2) is 42.5 Å². The highest BCUT2D eigenvalue weighted by molar-refractivity contribution is 5.81. The number of nitrogens with zero attached hydrogens (tertiary/aromatic N) is 1. The lowest BCUT2D eigenvalue weighted by Gasteiger charge is -2.39. The summed E-state index contributed by atoms with van der Waals surface area (Å²) >= 11 is 0. The summed E-state index contributed by atoms with van der Waals surface area (Å²) in [5, 5.41) is 2.80. The van der Waals surface area contributed by atoms with E-state index < -0.39 is 6.10 Å². The molecular formula is C27H34N2O3. The van der Waals surface area contributed by atoms with E-state index >= 15 is 0 Å². The first-order chi connectivity index (χ1) is 15.5. The second-order valence-corrected chi connectivity index (χ2v) is 9.09. The van der Waals surface area contributed by atoms with Gasteiger partial charge in [0.15, 0.2) is 6.10 Å². The zero-order valence-corrected chi connectivity index (χ0v) is 19.4. The molecule has 0 aromatic heterocycles. The summed E-state index contributed by atoms with van der Waals surface area (Å²) in [5.74, 6) is 0.954. The first-order valence-electron chi connectivity index (χ1n) is 11.9. The van der Waals surface area contributed by atoms with Crippen molar-refractivity contribution in [2.24, 2.45) is 5.92 Å². The molecule has 1 aliphatic heterocycles. The fourth-order valence-electron chi connectivity index (χ4n) is 4.99. The van der Waals surface area contributed by atoms with Gasteiger partial charge in [-0.05, 0) is 68.9 Å². The van der Waals surface area contributed by atoms with Gasteiger partial charge < -0.3 is 15.0 Å². The number of benzene rings is 2. The number of hydrogen-bond acceptors (Lipinski definition) is 3. The van der Waals surface area contributed by atoms with Crippen LogP contribution in [0.5, 0.6) is 5.75 Å². The number of rotatable bonds is 6. The molecule has 32 heavy (non-hydrogen) atoms. The monoisotopic (exact) mass is 434 g/mol. The highest BCUT2D eigenvalue weighted by Gasteiger charge is 2.36. The lowest BCUT2D eigenvalue weighted by atomic mass is 9.86. The molecule has 0 bridgehead atoms. The molecule has 4 rings (SSSR count). The highest BCUT2D eigenvalue weighted by atomic mass is 16.5. The normalized spacial score (nSPS) is 19.3. The fraction of sp³-hybridized carbons (Fsp3) is 0.481. The number of carbonyl (C=O) groups is 2. The van der Waals surface area contributed by atoms with Crippen LogP contribution in [-0.4, -0.2) is 35.9 Å². The molecule has 1 heterocycles. The van der Waals surface area contributed by atoms with Gasteiger partial charge in [-0.2, -0.15) is 0 Å². The molecule has 1 aliphatic carbocycles. The van der Waals surface area contributed by atoms with Crippen LogP contribution in [0.25, 0.3) is 0 Å². The van der Waals surface area contributed by atoms with E-state index in [-0.39, 0.29) is 23.8 Å². The van der Waals surface area contributed by atoms with Crippen LogP contribution in [0.4, 0.5) is 0 Å². The van der Waals surface area contributed by atoms with E-state index in [0.717, 1.165) is 49.8 Å². The summed E-state index contributed by atoms with van der Waals surface area (Å²) in [6.07, 6.45) is 4.54. The molecular weight excluding hydrogens is 400 g/mol. The summed E-state index contributed by atoms with van der Waals surface area (Å²) in [6, 6.07) is 14.4. The predicted molar refractivity (Wildman–Crippen MR) is 126 cm³/mol. The van der Waals surface area contributed by atoms with E-state index in [1.165, 1.54) is 11.1 Å². The first-order valence-corrected chi connectivity index (χ1v) is 11.9. The van der Waals surface area contributed by atoms with Gasteiger partial charge in [0.05, 0.1) is 6.04 Å². The Bertz CT molecular complexity index is 963. The number of hydrogen-bond donors (Lipinski definition) is 1. The minimum absolute atomic E-state index is 0.127. The largest absolute Gasteiger partial charge is 0.481 e. The van der Waals surface area contributed by atoms with Crippen LogP contribution in [-0.2, 0) is 16.0 Å². The standard InChI is InChI=1S/C27H34N2O3/c1-4-28-26(30)19(3)32-23-14-13-20-15-16-29(27(31)22-7-5-6-8-22)25(24(20)17-23)21-11-9-18(2)10-12-21/h9-14,17,19,22,25H,4-8,15-16H2,1-3H3,(H,28,30)/t19-,25-/m0/s1. The Morgan fingerprint density at radius 2 is 1.84 bits per heavy atom. The molecule has 0 radical (unpaired) electrons. The number of amides is 2. The van der Waals surface area contributed by atoms with Crippen LogP contribution in [0.3, 0.4) is 0 Å². The minimum atomic E-state index is -0.578. The predicted octanol–water partition coefficient (Wildman–Crippen LogP) is 4.56. The third-order valence-electron chi connectivity index (χ3n) is 6.76. The third-order valence-corrected chi connectivity index (χ3v) is 6.76. The summed E-state index contributed by atoms with van der Waals surface area (Å²) < 4.78 is 5.98. The van der Waals surface area contributed by atoms with E-state index in [1.54, 1.807) is 6.92 Å². The van der Waals surface area contributed by atoms with Gasteiger partial charge in [-0.25, -0.2) is 0 Å². The summed E-state index contributed by atoms with van der Waals surface area (Å²) in [5.41, 5.74) is 4.67. The van der Waals surface area contributed by atoms with Crippen LogP contribution < -0.4 is 10.1 Å². The average Bonchev–Trinajstić information content (AvgIpc) is 3.33. The van der Waals surface area contributed by atoms with Crippen molar-refractivity contribution < 1.29 is 14.3 Å². The molecule has 1 N–H and O–H groups in total. The van der Waals surface area contributed by atoms with Crippen molar-refractivity contribution in [3.05, 3.63) is 64.7 Å². The molecule has 5 heteroatoms. The lowest BCUT2D eigenvalue weighted by Crippen LogP contribution is -2.43. The molecule has 0 spiro atoms. The van der Waals surface area contributed by atoms with Crippen LogP contribution in [0, 0.1) is 12.8 Å². The van der Waals surface area contributed by atoms with Gasteiger partial charge in [0, 0.05) is 19.0 Å². The maximum atomic E-state index is 13.5. The molecule has 0 unspecified atom stereocenters. The maximum absolute atomic E-state index is 13.5. The van der Waals surface area contributed by atoms with Crippen molar-refractivity contribution >= 4 is 11.8 Å². The molecule has 5 nitrogen and oxygen atoms in total. The van der Waals surface area contributed by atoms with Gasteiger partial charge in [0.2, 0.25) is 5.91 Å². The number of ether oxygens (including phenoxy) is 1. The van der Waals surface area contributed by atoms with Gasteiger partial charge in [-0.15, -0.1) is 0 Å². The van der Waals surface area contributed by atoms with Crippen LogP contribution >= 0.6 is 0 Å². The van der Waals surface area contributed by atoms with E-state index in [4.69, 9.17) is 4.74 Å². The fourth-order valence-corrected chi connectivity index (χ4v) is 4.99.